The van der Waals surface area contributed by atoms with Crippen LogP contribution in [0.15, 0.2) is 48.9 Å². The summed E-state index contributed by atoms with van der Waals surface area (Å²) >= 11 is 0. The lowest BCUT2D eigenvalue weighted by molar-refractivity contribution is -0.0324. The van der Waals surface area contributed by atoms with Crippen LogP contribution < -0.4 is 5.32 Å². The fourth-order valence-corrected chi connectivity index (χ4v) is 3.31. The number of nitrogens with zero attached hydrogens (tertiary/aromatic N) is 3. The third-order valence-electron chi connectivity index (χ3n) is 4.78. The van der Waals surface area contributed by atoms with Crippen molar-refractivity contribution in [3.05, 3.63) is 60.3 Å². The lowest BCUT2D eigenvalue weighted by Crippen LogP contribution is -2.53. The highest BCUT2D eigenvalue weighted by atomic mass is 16.5. The molecule has 1 aliphatic heterocycles. The third-order valence-corrected chi connectivity index (χ3v) is 4.78. The van der Waals surface area contributed by atoms with E-state index < -0.39 is 11.5 Å². The molecule has 0 spiro atoms. The van der Waals surface area contributed by atoms with Crippen LogP contribution in [0.3, 0.4) is 0 Å². The smallest absolute Gasteiger partial charge is 0.271 e. The van der Waals surface area contributed by atoms with Crippen molar-refractivity contribution in [3.8, 4) is 0 Å². The number of carbonyl (C=O) groups excluding carboxylic acids is 2. The van der Waals surface area contributed by atoms with E-state index in [0.717, 1.165) is 10.9 Å². The van der Waals surface area contributed by atoms with Gasteiger partial charge in [-0.3, -0.25) is 14.6 Å². The Hall–Kier alpha value is -3.30. The molecule has 1 unspecified atom stereocenters. The van der Waals surface area contributed by atoms with Gasteiger partial charge in [-0.2, -0.15) is 0 Å². The minimum atomic E-state index is -1.42. The van der Waals surface area contributed by atoms with Crippen molar-refractivity contribution in [1.29, 1.82) is 0 Å². The summed E-state index contributed by atoms with van der Waals surface area (Å²) in [4.78, 5) is 37.6. The quantitative estimate of drug-likeness (QED) is 0.595. The van der Waals surface area contributed by atoms with Gasteiger partial charge in [-0.1, -0.05) is 18.2 Å². The van der Waals surface area contributed by atoms with Crippen LogP contribution >= 0.6 is 0 Å². The van der Waals surface area contributed by atoms with Gasteiger partial charge in [0.2, 0.25) is 0 Å². The first-order chi connectivity index (χ1) is 14.0. The van der Waals surface area contributed by atoms with Gasteiger partial charge in [-0.05, 0) is 12.1 Å². The number of fused-ring (bicyclic) bond motifs is 1. The molecule has 2 aromatic heterocycles. The van der Waals surface area contributed by atoms with Gasteiger partial charge in [0.05, 0.1) is 32.5 Å². The van der Waals surface area contributed by atoms with Gasteiger partial charge in [0, 0.05) is 29.8 Å². The number of aliphatic hydroxyl groups is 1. The summed E-state index contributed by atoms with van der Waals surface area (Å²) in [6.45, 7) is 0.589. The predicted octanol–water partition coefficient (Wildman–Crippen LogP) is 0.591. The molecule has 1 aromatic carbocycles. The number of amides is 2. The van der Waals surface area contributed by atoms with Gasteiger partial charge in [-0.25, -0.2) is 4.98 Å². The normalized spacial score (nSPS) is 19.7. The fourth-order valence-electron chi connectivity index (χ4n) is 3.31. The number of aromatic amines is 1. The number of para-hydroxylation sites is 1. The maximum Gasteiger partial charge on any atom is 0.271 e. The van der Waals surface area contributed by atoms with E-state index in [1.165, 1.54) is 23.5 Å². The molecule has 0 radical (unpaired) electrons. The van der Waals surface area contributed by atoms with E-state index in [0.29, 0.717) is 18.8 Å². The molecule has 0 saturated carbocycles. The number of nitrogens with one attached hydrogen (secondary N) is 2. The number of H-pyrrole nitrogens is 1. The van der Waals surface area contributed by atoms with Crippen LogP contribution in [-0.2, 0) is 4.74 Å². The summed E-state index contributed by atoms with van der Waals surface area (Å²) in [7, 11) is 0. The van der Waals surface area contributed by atoms with E-state index in [4.69, 9.17) is 4.74 Å². The van der Waals surface area contributed by atoms with Crippen LogP contribution in [0.1, 0.15) is 21.0 Å². The lowest BCUT2D eigenvalue weighted by atomic mass is 10.0. The van der Waals surface area contributed by atoms with Gasteiger partial charge >= 0.3 is 0 Å². The van der Waals surface area contributed by atoms with E-state index in [1.54, 1.807) is 6.07 Å². The molecule has 3 heterocycles. The van der Waals surface area contributed by atoms with Gasteiger partial charge in [0.1, 0.15) is 17.0 Å². The topological polar surface area (TPSA) is 120 Å². The van der Waals surface area contributed by atoms with Crippen molar-refractivity contribution in [2.75, 3.05) is 32.8 Å². The van der Waals surface area contributed by atoms with E-state index in [2.05, 4.69) is 20.3 Å². The number of hydrogen-bond acceptors (Lipinski definition) is 6. The zero-order chi connectivity index (χ0) is 20.3. The number of carbonyl (C=O) groups is 2. The largest absolute Gasteiger partial charge is 0.384 e. The molecule has 150 valence electrons. The minimum absolute atomic E-state index is 0.00420. The van der Waals surface area contributed by atoms with Crippen molar-refractivity contribution in [1.82, 2.24) is 25.2 Å². The highest BCUT2D eigenvalue weighted by molar-refractivity contribution is 5.98. The second-order valence-electron chi connectivity index (χ2n) is 7.05. The highest BCUT2D eigenvalue weighted by Gasteiger charge is 2.35. The summed E-state index contributed by atoms with van der Waals surface area (Å²) < 4.78 is 5.49. The number of rotatable bonds is 4. The third kappa shape index (κ3) is 4.25. The maximum absolute atomic E-state index is 13.0. The molecule has 2 amide bonds. The molecular formula is C20H21N5O4. The predicted molar refractivity (Wildman–Crippen MR) is 104 cm³/mol. The van der Waals surface area contributed by atoms with Crippen molar-refractivity contribution in [2.45, 2.75) is 5.60 Å². The van der Waals surface area contributed by atoms with E-state index in [9.17, 15) is 14.7 Å². The molecule has 9 nitrogen and oxygen atoms in total. The molecule has 1 atom stereocenters. The van der Waals surface area contributed by atoms with Crippen molar-refractivity contribution in [3.63, 3.8) is 0 Å². The first-order valence-electron chi connectivity index (χ1n) is 9.25. The number of ether oxygens (including phenoxy) is 1. The zero-order valence-electron chi connectivity index (χ0n) is 15.7. The van der Waals surface area contributed by atoms with E-state index in [1.807, 2.05) is 24.3 Å². The Morgan fingerprint density at radius 1 is 1.31 bits per heavy atom. The van der Waals surface area contributed by atoms with Crippen molar-refractivity contribution < 1.29 is 19.4 Å². The molecule has 1 fully saturated rings. The maximum atomic E-state index is 13.0. The molecule has 1 saturated heterocycles. The Morgan fingerprint density at radius 3 is 2.97 bits per heavy atom. The van der Waals surface area contributed by atoms with Crippen LogP contribution in [0, 0.1) is 0 Å². The first kappa shape index (κ1) is 19.0. The van der Waals surface area contributed by atoms with Crippen LogP contribution in [0.2, 0.25) is 0 Å². The molecule has 9 heteroatoms. The molecule has 29 heavy (non-hydrogen) atoms. The fraction of sp³-hybridized carbons (Fsp3) is 0.300. The Morgan fingerprint density at radius 2 is 2.17 bits per heavy atom. The van der Waals surface area contributed by atoms with Crippen molar-refractivity contribution >= 4 is 22.7 Å². The van der Waals surface area contributed by atoms with Gasteiger partial charge in [0.15, 0.2) is 0 Å². The zero-order valence-corrected chi connectivity index (χ0v) is 15.7. The van der Waals surface area contributed by atoms with Crippen LogP contribution in [0.25, 0.3) is 10.9 Å². The molecule has 3 aromatic rings. The number of aromatic nitrogens is 3. The summed E-state index contributed by atoms with van der Waals surface area (Å²) in [5, 5.41) is 14.6. The van der Waals surface area contributed by atoms with E-state index >= 15 is 0 Å². The summed E-state index contributed by atoms with van der Waals surface area (Å²) in [5.41, 5.74) is 0.0415. The Kier molecular flexibility index (Phi) is 5.24. The van der Waals surface area contributed by atoms with E-state index in [-0.39, 0.29) is 31.3 Å². The van der Waals surface area contributed by atoms with Gasteiger partial charge < -0.3 is 25.0 Å². The van der Waals surface area contributed by atoms with Gasteiger partial charge in [0.25, 0.3) is 11.8 Å². The SMILES string of the molecule is O=C(NCC1(O)COCCN(C(=O)c2cc3ccccc3[nH]2)C1)c1cnccn1. The molecule has 1 aliphatic rings. The van der Waals surface area contributed by atoms with Crippen LogP contribution in [-0.4, -0.2) is 75.2 Å². The lowest BCUT2D eigenvalue weighted by Gasteiger charge is -2.30. The van der Waals surface area contributed by atoms with Crippen LogP contribution in [0.4, 0.5) is 0 Å². The Balaban J connectivity index is 1.46. The summed E-state index contributed by atoms with van der Waals surface area (Å²) in [5.74, 6) is -0.686. The highest BCUT2D eigenvalue weighted by Crippen LogP contribution is 2.19. The second kappa shape index (κ2) is 7.98. The van der Waals surface area contributed by atoms with Crippen LogP contribution in [0.5, 0.6) is 0 Å². The summed E-state index contributed by atoms with van der Waals surface area (Å²) in [6, 6.07) is 9.41. The number of benzene rings is 1. The average Bonchev–Trinajstić information content (AvgIpc) is 3.09. The standard InChI is InChI=1S/C20H21N5O4/c26-18(17-10-21-5-6-22-17)23-11-20(28)12-25(7-8-29-13-20)19(27)16-9-14-3-1-2-4-15(14)24-16/h1-6,9-10,24,28H,7-8,11-13H2,(H,23,26). The van der Waals surface area contributed by atoms with Crippen molar-refractivity contribution in [2.24, 2.45) is 0 Å². The second-order valence-corrected chi connectivity index (χ2v) is 7.05. The Bertz CT molecular complexity index is 989. The Labute approximate surface area is 166 Å². The average molecular weight is 395 g/mol. The molecule has 0 aliphatic carbocycles. The molecular weight excluding hydrogens is 374 g/mol. The molecule has 4 rings (SSSR count). The monoisotopic (exact) mass is 395 g/mol. The van der Waals surface area contributed by atoms with Gasteiger partial charge in [-0.15, -0.1) is 0 Å². The number of β-amino-alcohol motifs (C(OH)–C–C–N with tert-alkyl or cyclic N) is 1. The molecule has 3 N–H and O–H groups in total. The summed E-state index contributed by atoms with van der Waals surface area (Å²) in [6.07, 6.45) is 4.23. The molecule has 0 bridgehead atoms. The first-order valence-corrected chi connectivity index (χ1v) is 9.25. The minimum Gasteiger partial charge on any atom is -0.384 e. The number of hydrogen-bond donors (Lipinski definition) is 3.